The minimum atomic E-state index is -1.29. The van der Waals surface area contributed by atoms with E-state index in [0.717, 1.165) is 6.07 Å². The molecule has 35 heavy (non-hydrogen) atoms. The van der Waals surface area contributed by atoms with E-state index in [1.807, 2.05) is 0 Å². The summed E-state index contributed by atoms with van der Waals surface area (Å²) in [7, 11) is 0. The van der Waals surface area contributed by atoms with Crippen LogP contribution in [0.15, 0.2) is 53.7 Å². The number of carboxylic acids is 1. The summed E-state index contributed by atoms with van der Waals surface area (Å²) in [6.45, 7) is 1.39. The molecule has 0 spiro atoms. The van der Waals surface area contributed by atoms with Gasteiger partial charge in [-0.25, -0.2) is 18.4 Å². The minimum absolute atomic E-state index is 0.0404. The van der Waals surface area contributed by atoms with Gasteiger partial charge in [0.1, 0.15) is 0 Å². The Hall–Kier alpha value is -4.19. The monoisotopic (exact) mass is 488 g/mol. The minimum Gasteiger partial charge on any atom is -0.478 e. The third-order valence-corrected chi connectivity index (χ3v) is 5.46. The van der Waals surface area contributed by atoms with E-state index >= 15 is 0 Å². The van der Waals surface area contributed by atoms with E-state index in [1.165, 1.54) is 48.2 Å². The third-order valence-electron chi connectivity index (χ3n) is 5.46. The van der Waals surface area contributed by atoms with Gasteiger partial charge in [-0.1, -0.05) is 18.2 Å². The molecule has 184 valence electrons. The molecule has 0 aromatic heterocycles. The summed E-state index contributed by atoms with van der Waals surface area (Å²) in [5.74, 6) is -4.30. The maximum absolute atomic E-state index is 13.8. The first-order valence-electron chi connectivity index (χ1n) is 10.6. The van der Waals surface area contributed by atoms with E-state index < -0.39 is 40.4 Å². The second-order valence-electron chi connectivity index (χ2n) is 7.78. The number of rotatable bonds is 10. The van der Waals surface area contributed by atoms with Crippen LogP contribution in [-0.4, -0.2) is 52.3 Å². The molecular weight excluding hydrogens is 466 g/mol. The summed E-state index contributed by atoms with van der Waals surface area (Å²) < 4.78 is 27.1. The van der Waals surface area contributed by atoms with E-state index in [0.29, 0.717) is 0 Å². The Morgan fingerprint density at radius 3 is 2.63 bits per heavy atom. The first-order valence-corrected chi connectivity index (χ1v) is 10.6. The lowest BCUT2D eigenvalue weighted by Gasteiger charge is -2.37. The van der Waals surface area contributed by atoms with Gasteiger partial charge < -0.3 is 20.6 Å². The number of ketones is 1. The molecule has 2 aromatic rings. The Morgan fingerprint density at radius 2 is 1.94 bits per heavy atom. The number of nitro benzene ring substituents is 1. The summed E-state index contributed by atoms with van der Waals surface area (Å²) >= 11 is 0. The van der Waals surface area contributed by atoms with Crippen LogP contribution in [0.25, 0.3) is 0 Å². The van der Waals surface area contributed by atoms with Crippen LogP contribution in [-0.2, 0) is 4.79 Å². The standard InChI is InChI=1S/C23H22F2N4O6/c1-13-19(22(31)32)21(14-5-2-6-15(11-14)29(34)35)28(23(33)27-13)10-4-9-26-12-18(30)16-7-3-8-17(24)20(16)25/h2-3,5-8,11,21,26H,4,9-10,12H2,1H3,(H,27,33)(H,31,32). The molecule has 1 aliphatic heterocycles. The van der Waals surface area contributed by atoms with Gasteiger partial charge in [-0.05, 0) is 37.6 Å². The Labute approximate surface area is 198 Å². The van der Waals surface area contributed by atoms with Crippen molar-refractivity contribution in [2.75, 3.05) is 19.6 Å². The molecule has 12 heteroatoms. The Bertz CT molecular complexity index is 1220. The number of carboxylic acid groups (broad SMARTS) is 1. The zero-order valence-corrected chi connectivity index (χ0v) is 18.6. The molecule has 0 bridgehead atoms. The zero-order valence-electron chi connectivity index (χ0n) is 18.6. The van der Waals surface area contributed by atoms with Crippen LogP contribution >= 0.6 is 0 Å². The number of allylic oxidation sites excluding steroid dienone is 1. The van der Waals surface area contributed by atoms with Crippen molar-refractivity contribution in [3.05, 3.63) is 86.6 Å². The quantitative estimate of drug-likeness (QED) is 0.202. The van der Waals surface area contributed by atoms with Crippen LogP contribution in [0.4, 0.5) is 19.3 Å². The molecule has 0 aliphatic carbocycles. The lowest BCUT2D eigenvalue weighted by atomic mass is 9.93. The van der Waals surface area contributed by atoms with Crippen molar-refractivity contribution in [3.63, 3.8) is 0 Å². The summed E-state index contributed by atoms with van der Waals surface area (Å²) in [4.78, 5) is 48.7. The first-order chi connectivity index (χ1) is 16.6. The highest BCUT2D eigenvalue weighted by Gasteiger charge is 2.38. The molecule has 1 aliphatic rings. The van der Waals surface area contributed by atoms with Crippen LogP contribution in [0, 0.1) is 21.7 Å². The Kier molecular flexibility index (Phi) is 7.87. The van der Waals surface area contributed by atoms with Crippen LogP contribution in [0.3, 0.4) is 0 Å². The molecule has 0 saturated carbocycles. The SMILES string of the molecule is CC1=C(C(=O)O)C(c2cccc([N+](=O)[O-])c2)N(CCCNCC(=O)c2cccc(F)c2F)C(=O)N1. The zero-order chi connectivity index (χ0) is 25.7. The van der Waals surface area contributed by atoms with Crippen molar-refractivity contribution < 1.29 is 33.2 Å². The van der Waals surface area contributed by atoms with Crippen molar-refractivity contribution in [2.45, 2.75) is 19.4 Å². The van der Waals surface area contributed by atoms with Gasteiger partial charge in [-0.3, -0.25) is 14.9 Å². The number of nitrogens with one attached hydrogen (secondary N) is 2. The average Bonchev–Trinajstić information content (AvgIpc) is 2.81. The van der Waals surface area contributed by atoms with Gasteiger partial charge in [0.15, 0.2) is 17.4 Å². The molecule has 3 rings (SSSR count). The molecule has 0 fully saturated rings. The molecule has 1 atom stereocenters. The number of hydrogen-bond donors (Lipinski definition) is 3. The van der Waals surface area contributed by atoms with Crippen molar-refractivity contribution >= 4 is 23.5 Å². The molecule has 2 aromatic carbocycles. The van der Waals surface area contributed by atoms with E-state index in [4.69, 9.17) is 0 Å². The number of halogens is 2. The first kappa shape index (κ1) is 25.4. The number of carbonyl (C=O) groups excluding carboxylic acids is 2. The number of nitro groups is 1. The summed E-state index contributed by atoms with van der Waals surface area (Å²) in [6.07, 6.45) is 0.268. The molecule has 1 unspecified atom stereocenters. The summed E-state index contributed by atoms with van der Waals surface area (Å²) in [5.41, 5.74) is -0.382. The molecule has 1 heterocycles. The second kappa shape index (κ2) is 10.8. The fourth-order valence-corrected chi connectivity index (χ4v) is 3.83. The normalized spacial score (nSPS) is 15.7. The average molecular weight is 488 g/mol. The van der Waals surface area contributed by atoms with Gasteiger partial charge >= 0.3 is 12.0 Å². The number of hydrogen-bond acceptors (Lipinski definition) is 6. The molecule has 0 saturated heterocycles. The van der Waals surface area contributed by atoms with Crippen LogP contribution in [0.2, 0.25) is 0 Å². The maximum Gasteiger partial charge on any atom is 0.335 e. The number of urea groups is 1. The molecular formula is C23H22F2N4O6. The number of nitrogens with zero attached hydrogens (tertiary/aromatic N) is 2. The predicted molar refractivity (Wildman–Crippen MR) is 120 cm³/mol. The lowest BCUT2D eigenvalue weighted by Crippen LogP contribution is -2.49. The number of carbonyl (C=O) groups is 3. The topological polar surface area (TPSA) is 142 Å². The van der Waals surface area contributed by atoms with Crippen molar-refractivity contribution in [2.24, 2.45) is 0 Å². The lowest BCUT2D eigenvalue weighted by molar-refractivity contribution is -0.384. The summed E-state index contributed by atoms with van der Waals surface area (Å²) in [6, 6.07) is 7.04. The highest BCUT2D eigenvalue weighted by Crippen LogP contribution is 2.35. The fourth-order valence-electron chi connectivity index (χ4n) is 3.83. The molecule has 2 amide bonds. The number of Topliss-reactive ketones (excluding diaryl/α,β-unsaturated/α-hetero) is 1. The highest BCUT2D eigenvalue weighted by atomic mass is 19.2. The molecule has 0 radical (unpaired) electrons. The van der Waals surface area contributed by atoms with Gasteiger partial charge in [0.25, 0.3) is 5.69 Å². The van der Waals surface area contributed by atoms with Crippen LogP contribution in [0.1, 0.15) is 35.3 Å². The largest absolute Gasteiger partial charge is 0.478 e. The maximum atomic E-state index is 13.8. The Morgan fingerprint density at radius 1 is 1.23 bits per heavy atom. The van der Waals surface area contributed by atoms with Gasteiger partial charge in [0, 0.05) is 24.4 Å². The summed E-state index contributed by atoms with van der Waals surface area (Å²) in [5, 5.41) is 26.3. The van der Waals surface area contributed by atoms with Gasteiger partial charge in [-0.2, -0.15) is 0 Å². The Balaban J connectivity index is 1.72. The van der Waals surface area contributed by atoms with E-state index in [9.17, 15) is 38.4 Å². The predicted octanol–water partition coefficient (Wildman–Crippen LogP) is 3.16. The van der Waals surface area contributed by atoms with E-state index in [1.54, 1.807) is 0 Å². The fraction of sp³-hybridized carbons (Fsp3) is 0.261. The molecule has 10 nitrogen and oxygen atoms in total. The molecule has 3 N–H and O–H groups in total. The number of benzene rings is 2. The van der Waals surface area contributed by atoms with E-state index in [2.05, 4.69) is 10.6 Å². The van der Waals surface area contributed by atoms with Crippen molar-refractivity contribution in [3.8, 4) is 0 Å². The highest BCUT2D eigenvalue weighted by molar-refractivity contribution is 5.98. The van der Waals surface area contributed by atoms with Gasteiger partial charge in [0.2, 0.25) is 0 Å². The van der Waals surface area contributed by atoms with Crippen molar-refractivity contribution in [1.29, 1.82) is 0 Å². The second-order valence-corrected chi connectivity index (χ2v) is 7.78. The van der Waals surface area contributed by atoms with Gasteiger partial charge in [0.05, 0.1) is 28.6 Å². The van der Waals surface area contributed by atoms with Crippen LogP contribution < -0.4 is 10.6 Å². The van der Waals surface area contributed by atoms with E-state index in [-0.39, 0.29) is 54.1 Å². The number of aliphatic carboxylic acids is 1. The number of non-ortho nitro benzene ring substituents is 1. The van der Waals surface area contributed by atoms with Crippen molar-refractivity contribution in [1.82, 2.24) is 15.5 Å². The number of amides is 2. The smallest absolute Gasteiger partial charge is 0.335 e. The van der Waals surface area contributed by atoms with Gasteiger partial charge in [-0.15, -0.1) is 0 Å². The third kappa shape index (κ3) is 5.66. The van der Waals surface area contributed by atoms with Crippen LogP contribution in [0.5, 0.6) is 0 Å².